The molecule has 2 heterocycles. The van der Waals surface area contributed by atoms with Gasteiger partial charge < -0.3 is 15.4 Å². The van der Waals surface area contributed by atoms with Gasteiger partial charge in [-0.2, -0.15) is 0 Å². The predicted octanol–water partition coefficient (Wildman–Crippen LogP) is -0.251. The maximum Gasteiger partial charge on any atom is 0.274 e. The van der Waals surface area contributed by atoms with Crippen molar-refractivity contribution in [3.63, 3.8) is 0 Å². The van der Waals surface area contributed by atoms with E-state index in [4.69, 9.17) is 5.84 Å². The van der Waals surface area contributed by atoms with E-state index in [-0.39, 0.29) is 24.2 Å². The Balaban J connectivity index is 2.18. The Morgan fingerprint density at radius 3 is 3.11 bits per heavy atom. The van der Waals surface area contributed by atoms with Crippen LogP contribution in [0.25, 0.3) is 0 Å². The number of aliphatic hydroxyl groups is 1. The average Bonchev–Trinajstić information content (AvgIpc) is 2.46. The minimum absolute atomic E-state index is 0.0198. The predicted molar refractivity (Wildman–Crippen MR) is 65.6 cm³/mol. The van der Waals surface area contributed by atoms with E-state index < -0.39 is 0 Å². The summed E-state index contributed by atoms with van der Waals surface area (Å²) >= 11 is 0. The highest BCUT2D eigenvalue weighted by Gasteiger charge is 2.27. The van der Waals surface area contributed by atoms with Crippen molar-refractivity contribution in [2.45, 2.75) is 25.3 Å². The molecule has 1 fully saturated rings. The monoisotopic (exact) mass is 251 g/mol. The number of aromatic nitrogens is 2. The second-order valence-electron chi connectivity index (χ2n) is 4.26. The minimum atomic E-state index is -0.210. The third-order valence-electron chi connectivity index (χ3n) is 3.10. The summed E-state index contributed by atoms with van der Waals surface area (Å²) < 4.78 is 0. The van der Waals surface area contributed by atoms with E-state index in [0.717, 1.165) is 19.3 Å². The van der Waals surface area contributed by atoms with Crippen LogP contribution in [-0.2, 0) is 0 Å². The fourth-order valence-electron chi connectivity index (χ4n) is 2.14. The van der Waals surface area contributed by atoms with Crippen LogP contribution in [0.4, 0.5) is 5.82 Å². The van der Waals surface area contributed by atoms with E-state index >= 15 is 0 Å². The van der Waals surface area contributed by atoms with E-state index in [0.29, 0.717) is 12.4 Å². The Labute approximate surface area is 105 Å². The summed E-state index contributed by atoms with van der Waals surface area (Å²) in [5.41, 5.74) is 2.60. The zero-order valence-electron chi connectivity index (χ0n) is 10.0. The van der Waals surface area contributed by atoms with Crippen molar-refractivity contribution in [2.24, 2.45) is 5.84 Å². The van der Waals surface area contributed by atoms with E-state index in [9.17, 15) is 9.90 Å². The van der Waals surface area contributed by atoms with Crippen LogP contribution >= 0.6 is 0 Å². The Kier molecular flexibility index (Phi) is 4.06. The quantitative estimate of drug-likeness (QED) is 0.505. The molecule has 1 aliphatic heterocycles. The van der Waals surface area contributed by atoms with Crippen molar-refractivity contribution in [1.82, 2.24) is 14.9 Å². The number of anilines is 1. The maximum atomic E-state index is 12.3. The first-order chi connectivity index (χ1) is 8.76. The molecule has 1 unspecified atom stereocenters. The van der Waals surface area contributed by atoms with Crippen LogP contribution in [0.15, 0.2) is 12.4 Å². The van der Waals surface area contributed by atoms with Gasteiger partial charge in [-0.15, -0.1) is 0 Å². The van der Waals surface area contributed by atoms with Crippen LogP contribution in [0.3, 0.4) is 0 Å². The molecule has 4 N–H and O–H groups in total. The summed E-state index contributed by atoms with van der Waals surface area (Å²) in [6.45, 7) is 0.625. The van der Waals surface area contributed by atoms with Crippen molar-refractivity contribution >= 4 is 11.7 Å². The van der Waals surface area contributed by atoms with E-state index in [1.807, 2.05) is 0 Å². The first-order valence-corrected chi connectivity index (χ1v) is 5.96. The fourth-order valence-corrected chi connectivity index (χ4v) is 2.14. The van der Waals surface area contributed by atoms with Crippen LogP contribution in [0.2, 0.25) is 0 Å². The molecule has 0 saturated carbocycles. The van der Waals surface area contributed by atoms with E-state index in [1.165, 1.54) is 12.4 Å². The minimum Gasteiger partial charge on any atom is -0.394 e. The highest BCUT2D eigenvalue weighted by Crippen LogP contribution is 2.18. The third-order valence-corrected chi connectivity index (χ3v) is 3.10. The lowest BCUT2D eigenvalue weighted by Crippen LogP contribution is -2.46. The van der Waals surface area contributed by atoms with Crippen LogP contribution < -0.4 is 11.3 Å². The lowest BCUT2D eigenvalue weighted by molar-refractivity contribution is 0.0497. The molecule has 7 nitrogen and oxygen atoms in total. The van der Waals surface area contributed by atoms with Crippen molar-refractivity contribution in [1.29, 1.82) is 0 Å². The molecule has 1 aromatic heterocycles. The molecule has 18 heavy (non-hydrogen) atoms. The van der Waals surface area contributed by atoms with Crippen LogP contribution in [0.1, 0.15) is 29.8 Å². The zero-order chi connectivity index (χ0) is 13.0. The molecule has 1 aromatic rings. The number of carbonyl (C=O) groups is 1. The number of aliphatic hydroxyl groups excluding tert-OH is 1. The molecule has 0 spiro atoms. The molecule has 1 amide bonds. The van der Waals surface area contributed by atoms with Crippen molar-refractivity contribution in [3.8, 4) is 0 Å². The van der Waals surface area contributed by atoms with E-state index in [1.54, 1.807) is 4.90 Å². The lowest BCUT2D eigenvalue weighted by atomic mass is 10.0. The molecule has 0 aromatic carbocycles. The van der Waals surface area contributed by atoms with Gasteiger partial charge in [-0.25, -0.2) is 10.8 Å². The van der Waals surface area contributed by atoms with Crippen LogP contribution in [0, 0.1) is 0 Å². The van der Waals surface area contributed by atoms with Crippen LogP contribution in [0.5, 0.6) is 0 Å². The summed E-state index contributed by atoms with van der Waals surface area (Å²) in [6, 6.07) is -0.123. The molecule has 98 valence electrons. The number of piperidine rings is 1. The number of amides is 1. The van der Waals surface area contributed by atoms with Gasteiger partial charge in [0.05, 0.1) is 25.0 Å². The highest BCUT2D eigenvalue weighted by molar-refractivity contribution is 5.92. The Bertz CT molecular complexity index is 426. The molecule has 1 aliphatic rings. The number of carbonyl (C=O) groups excluding carboxylic acids is 1. The summed E-state index contributed by atoms with van der Waals surface area (Å²) in [7, 11) is 0. The number of nitrogens with one attached hydrogen (secondary N) is 1. The fraction of sp³-hybridized carbons (Fsp3) is 0.545. The second kappa shape index (κ2) is 5.74. The molecular formula is C11H17N5O2. The summed E-state index contributed by atoms with van der Waals surface area (Å²) in [6.07, 6.45) is 5.66. The number of nitrogens with zero attached hydrogens (tertiary/aromatic N) is 3. The molecular weight excluding hydrogens is 234 g/mol. The Morgan fingerprint density at radius 1 is 1.56 bits per heavy atom. The molecule has 0 radical (unpaired) electrons. The number of hydrogen-bond acceptors (Lipinski definition) is 6. The molecule has 2 rings (SSSR count). The van der Waals surface area contributed by atoms with Crippen molar-refractivity contribution in [2.75, 3.05) is 18.6 Å². The van der Waals surface area contributed by atoms with Gasteiger partial charge in [-0.05, 0) is 19.3 Å². The lowest BCUT2D eigenvalue weighted by Gasteiger charge is -2.34. The largest absolute Gasteiger partial charge is 0.394 e. The van der Waals surface area contributed by atoms with Crippen LogP contribution in [-0.4, -0.2) is 45.1 Å². The second-order valence-corrected chi connectivity index (χ2v) is 4.26. The van der Waals surface area contributed by atoms with Gasteiger partial charge >= 0.3 is 0 Å². The molecule has 1 saturated heterocycles. The van der Waals surface area contributed by atoms with Gasteiger partial charge in [0.25, 0.3) is 5.91 Å². The van der Waals surface area contributed by atoms with Gasteiger partial charge in [-0.1, -0.05) is 0 Å². The third kappa shape index (κ3) is 2.57. The van der Waals surface area contributed by atoms with Crippen molar-refractivity contribution in [3.05, 3.63) is 18.1 Å². The number of hydrazine groups is 1. The maximum absolute atomic E-state index is 12.3. The average molecular weight is 251 g/mol. The van der Waals surface area contributed by atoms with Gasteiger partial charge in [-0.3, -0.25) is 9.78 Å². The van der Waals surface area contributed by atoms with Gasteiger partial charge in [0.15, 0.2) is 5.82 Å². The Hall–Kier alpha value is -1.73. The number of hydrogen-bond donors (Lipinski definition) is 3. The number of likely N-dealkylation sites (tertiary alicyclic amines) is 1. The smallest absolute Gasteiger partial charge is 0.274 e. The molecule has 0 aliphatic carbocycles. The first kappa shape index (κ1) is 12.7. The Morgan fingerprint density at radius 2 is 2.39 bits per heavy atom. The first-order valence-electron chi connectivity index (χ1n) is 5.96. The summed E-state index contributed by atoms with van der Waals surface area (Å²) in [5, 5.41) is 9.30. The molecule has 0 bridgehead atoms. The normalized spacial score (nSPS) is 19.7. The number of nitrogens with two attached hydrogens (primary N) is 1. The van der Waals surface area contributed by atoms with Gasteiger partial charge in [0.2, 0.25) is 0 Å². The standard InChI is InChI=1S/C11H17N5O2/c12-15-10-6-13-5-9(14-10)11(18)16-4-2-1-3-8(16)7-17/h5-6,8,17H,1-4,7,12H2,(H,14,15). The van der Waals surface area contributed by atoms with Gasteiger partial charge in [0, 0.05) is 6.54 Å². The van der Waals surface area contributed by atoms with Gasteiger partial charge in [0.1, 0.15) is 5.69 Å². The highest BCUT2D eigenvalue weighted by atomic mass is 16.3. The summed E-state index contributed by atoms with van der Waals surface area (Å²) in [5.74, 6) is 5.37. The van der Waals surface area contributed by atoms with Crippen molar-refractivity contribution < 1.29 is 9.90 Å². The topological polar surface area (TPSA) is 104 Å². The van der Waals surface area contributed by atoms with E-state index in [2.05, 4.69) is 15.4 Å². The number of nitrogen functional groups attached to an aromatic ring is 1. The number of rotatable bonds is 3. The SMILES string of the molecule is NNc1cncc(C(=O)N2CCCCC2CO)n1. The molecule has 7 heteroatoms. The zero-order valence-corrected chi connectivity index (χ0v) is 10.0. The summed E-state index contributed by atoms with van der Waals surface area (Å²) in [4.78, 5) is 21.9. The molecule has 1 atom stereocenters.